The number of likely N-dealkylation sites (N-methyl/N-ethyl adjacent to an activating group) is 1. The number of quaternary nitrogens is 1. The fourth-order valence-corrected chi connectivity index (χ4v) is 5.27. The molecule has 0 radical (unpaired) electrons. The van der Waals surface area contributed by atoms with E-state index in [4.69, 9.17) is 0 Å². The van der Waals surface area contributed by atoms with Crippen LogP contribution in [0.15, 0.2) is 35.7 Å². The van der Waals surface area contributed by atoms with E-state index in [0.29, 0.717) is 34.7 Å². The van der Waals surface area contributed by atoms with E-state index in [-0.39, 0.29) is 55.6 Å². The molecule has 200 valence electrons. The summed E-state index contributed by atoms with van der Waals surface area (Å²) < 4.78 is 0.444. The first-order valence-corrected chi connectivity index (χ1v) is 12.8. The predicted molar refractivity (Wildman–Crippen MR) is 143 cm³/mol. The molecule has 1 fully saturated rings. The molecule has 3 rings (SSSR count). The molecule has 11 heteroatoms. The molecule has 4 N–H and O–H groups in total. The molecular formula is C25H37Cl2N5O3S. The number of likely N-dealkylation sites (tertiary alicyclic amines) is 1. The van der Waals surface area contributed by atoms with Crippen LogP contribution < -0.4 is 33.7 Å². The number of hydrogen-bond acceptors (Lipinski definition) is 5. The Hall–Kier alpha value is -2.17. The monoisotopic (exact) mass is 557 g/mol. The summed E-state index contributed by atoms with van der Waals surface area (Å²) in [5.74, 6) is -0.399. The van der Waals surface area contributed by atoms with Crippen molar-refractivity contribution in [1.29, 1.82) is 0 Å². The van der Waals surface area contributed by atoms with Crippen molar-refractivity contribution in [1.82, 2.24) is 16.0 Å². The normalized spacial score (nSPS) is 14.1. The van der Waals surface area contributed by atoms with Gasteiger partial charge in [0, 0.05) is 19.6 Å². The molecule has 1 aromatic carbocycles. The lowest BCUT2D eigenvalue weighted by molar-refractivity contribution is -0.917. The Morgan fingerprint density at radius 2 is 1.61 bits per heavy atom. The van der Waals surface area contributed by atoms with Crippen LogP contribution in [0, 0.1) is 6.92 Å². The molecule has 0 unspecified atom stereocenters. The predicted octanol–water partition coefficient (Wildman–Crippen LogP) is -0.313. The highest BCUT2D eigenvalue weighted by molar-refractivity contribution is 7.13. The molecule has 36 heavy (non-hydrogen) atoms. The Kier molecular flexibility index (Phi) is 14.0. The lowest BCUT2D eigenvalue weighted by atomic mass is 10.1. The van der Waals surface area contributed by atoms with Gasteiger partial charge in [0.15, 0.2) is 13.1 Å². The molecule has 1 saturated heterocycles. The minimum absolute atomic E-state index is 0. The van der Waals surface area contributed by atoms with Crippen LogP contribution in [0.1, 0.15) is 40.1 Å². The third-order valence-electron chi connectivity index (χ3n) is 6.16. The van der Waals surface area contributed by atoms with Gasteiger partial charge >= 0.3 is 0 Å². The van der Waals surface area contributed by atoms with Gasteiger partial charge in [0.25, 0.3) is 17.7 Å². The zero-order valence-corrected chi connectivity index (χ0v) is 23.3. The van der Waals surface area contributed by atoms with E-state index >= 15 is 0 Å². The second-order valence-corrected chi connectivity index (χ2v) is 9.84. The first-order valence-electron chi connectivity index (χ1n) is 11.9. The molecule has 1 aromatic heterocycles. The second-order valence-electron chi connectivity index (χ2n) is 8.96. The maximum absolute atomic E-state index is 13.1. The highest BCUT2D eigenvalue weighted by Gasteiger charge is 2.35. The van der Waals surface area contributed by atoms with E-state index in [1.165, 1.54) is 11.3 Å². The van der Waals surface area contributed by atoms with Crippen LogP contribution in [0.3, 0.4) is 0 Å². The van der Waals surface area contributed by atoms with E-state index < -0.39 is 0 Å². The van der Waals surface area contributed by atoms with E-state index in [1.54, 1.807) is 0 Å². The van der Waals surface area contributed by atoms with Crippen molar-refractivity contribution in [3.8, 4) is 0 Å². The smallest absolute Gasteiger partial charge is 0.279 e. The number of thiophene rings is 1. The molecule has 0 bridgehead atoms. The summed E-state index contributed by atoms with van der Waals surface area (Å²) in [5, 5.41) is 13.7. The standard InChI is InChI=1S/C25H35N5O3S.2ClH/c1-19-18-34-24(25(33)27-12-11-26-2)23(19)29-22(32)17-30(13-7-4-8-14-30)16-21(31)28-15-20-9-5-3-6-10-20;;/h3,5-6,9-10,18,26H,4,7-8,11-17H2,1-2H3,(H2-,27,28,29,31,32,33);2*1H. The Morgan fingerprint density at radius 3 is 2.28 bits per heavy atom. The highest BCUT2D eigenvalue weighted by Crippen LogP contribution is 2.28. The number of aryl methyl sites for hydroxylation is 1. The topological polar surface area (TPSA) is 99.3 Å². The van der Waals surface area contributed by atoms with Crippen molar-refractivity contribution in [2.75, 3.05) is 51.6 Å². The number of carbonyl (C=O) groups excluding carboxylic acids is 3. The minimum atomic E-state index is -0.189. The number of benzene rings is 1. The number of carbonyl (C=O) groups is 3. The van der Waals surface area contributed by atoms with Gasteiger partial charge in [-0.2, -0.15) is 0 Å². The molecule has 3 amide bonds. The van der Waals surface area contributed by atoms with Crippen molar-refractivity contribution < 1.29 is 31.3 Å². The second kappa shape index (κ2) is 15.8. The number of hydrogen-bond donors (Lipinski definition) is 4. The quantitative estimate of drug-likeness (QED) is 0.225. The van der Waals surface area contributed by atoms with Crippen LogP contribution >= 0.6 is 23.7 Å². The zero-order chi connectivity index (χ0) is 24.4. The summed E-state index contributed by atoms with van der Waals surface area (Å²) >= 11 is 1.33. The molecule has 2 aromatic rings. The Morgan fingerprint density at radius 1 is 0.944 bits per heavy atom. The SMILES string of the molecule is CNCCNC(=O)c1scc(C)c1NC(=O)C[N+]1(CC(=O)NCc2ccccc2)CCCCC1.Cl.[Cl-]. The molecular weight excluding hydrogens is 521 g/mol. The summed E-state index contributed by atoms with van der Waals surface area (Å²) in [6.07, 6.45) is 3.11. The first-order chi connectivity index (χ1) is 16.4. The Balaban J connectivity index is 0.00000324. The largest absolute Gasteiger partial charge is 1.00 e. The number of nitrogens with zero attached hydrogens (tertiary/aromatic N) is 1. The number of amides is 3. The molecule has 0 spiro atoms. The van der Waals surface area contributed by atoms with Gasteiger partial charge in [-0.1, -0.05) is 30.3 Å². The van der Waals surface area contributed by atoms with Crippen molar-refractivity contribution in [2.24, 2.45) is 0 Å². The number of nitrogens with one attached hydrogen (secondary N) is 4. The van der Waals surface area contributed by atoms with Crippen LogP contribution in [0.5, 0.6) is 0 Å². The van der Waals surface area contributed by atoms with E-state index in [0.717, 1.165) is 43.5 Å². The van der Waals surface area contributed by atoms with Gasteiger partial charge in [-0.25, -0.2) is 0 Å². The van der Waals surface area contributed by atoms with Crippen LogP contribution in [-0.4, -0.2) is 68.5 Å². The summed E-state index contributed by atoms with van der Waals surface area (Å²) in [5.41, 5.74) is 2.48. The maximum Gasteiger partial charge on any atom is 0.279 e. The summed E-state index contributed by atoms with van der Waals surface area (Å²) in [4.78, 5) is 39.0. The Bertz CT molecular complexity index is 981. The molecule has 0 aliphatic carbocycles. The van der Waals surface area contributed by atoms with Gasteiger partial charge in [-0.3, -0.25) is 14.4 Å². The van der Waals surface area contributed by atoms with E-state index in [9.17, 15) is 14.4 Å². The van der Waals surface area contributed by atoms with Crippen molar-refractivity contribution in [3.05, 3.63) is 51.7 Å². The van der Waals surface area contributed by atoms with Crippen molar-refractivity contribution in [2.45, 2.75) is 32.7 Å². The van der Waals surface area contributed by atoms with Gasteiger partial charge in [-0.15, -0.1) is 23.7 Å². The zero-order valence-electron chi connectivity index (χ0n) is 20.9. The fourth-order valence-electron chi connectivity index (χ4n) is 4.34. The Labute approximate surface area is 230 Å². The number of halogens is 2. The summed E-state index contributed by atoms with van der Waals surface area (Å²) in [6.45, 7) is 5.64. The third kappa shape index (κ3) is 9.37. The van der Waals surface area contributed by atoms with Gasteiger partial charge in [0.1, 0.15) is 4.88 Å². The minimum Gasteiger partial charge on any atom is -1.00 e. The molecule has 0 saturated carbocycles. The van der Waals surface area contributed by atoms with E-state index in [1.807, 2.05) is 49.7 Å². The van der Waals surface area contributed by atoms with Gasteiger partial charge in [0.2, 0.25) is 0 Å². The molecule has 1 aliphatic rings. The molecule has 2 heterocycles. The molecule has 8 nitrogen and oxygen atoms in total. The van der Waals surface area contributed by atoms with E-state index in [2.05, 4.69) is 21.3 Å². The number of rotatable bonds is 11. The number of piperidine rings is 1. The maximum atomic E-state index is 13.1. The van der Waals surface area contributed by atoms with Crippen LogP contribution in [0.4, 0.5) is 5.69 Å². The van der Waals surface area contributed by atoms with Gasteiger partial charge in [-0.05, 0) is 49.7 Å². The lowest BCUT2D eigenvalue weighted by Gasteiger charge is -2.40. The van der Waals surface area contributed by atoms with Crippen molar-refractivity contribution >= 4 is 47.2 Å². The average molecular weight is 559 g/mol. The molecule has 1 aliphatic heterocycles. The van der Waals surface area contributed by atoms with Crippen LogP contribution in [0.2, 0.25) is 0 Å². The third-order valence-corrected chi connectivity index (χ3v) is 7.26. The van der Waals surface area contributed by atoms with Crippen LogP contribution in [0.25, 0.3) is 0 Å². The number of anilines is 1. The van der Waals surface area contributed by atoms with Crippen molar-refractivity contribution in [3.63, 3.8) is 0 Å². The summed E-state index contributed by atoms with van der Waals surface area (Å²) in [6, 6.07) is 9.81. The van der Waals surface area contributed by atoms with Crippen LogP contribution in [-0.2, 0) is 16.1 Å². The lowest BCUT2D eigenvalue weighted by Crippen LogP contribution is -3.00. The summed E-state index contributed by atoms with van der Waals surface area (Å²) in [7, 11) is 1.83. The molecule has 0 atom stereocenters. The highest BCUT2D eigenvalue weighted by atomic mass is 35.5. The first kappa shape index (κ1) is 31.9. The average Bonchev–Trinajstić information content (AvgIpc) is 3.18. The fraction of sp³-hybridized carbons (Fsp3) is 0.480. The van der Waals surface area contributed by atoms with Gasteiger partial charge in [0.05, 0.1) is 18.8 Å². The van der Waals surface area contributed by atoms with Gasteiger partial charge < -0.3 is 38.2 Å².